The van der Waals surface area contributed by atoms with Crippen LogP contribution in [0.25, 0.3) is 0 Å². The monoisotopic (exact) mass is 196 g/mol. The summed E-state index contributed by atoms with van der Waals surface area (Å²) >= 11 is 0. The molecule has 0 aliphatic carbocycles. The number of carboxylic acid groups (broad SMARTS) is 1. The SMILES string of the molecule is CC.CC.Cc1ccccc1C(=O)O. The fraction of sp³-hybridized carbons (Fsp3) is 0.417. The van der Waals surface area contributed by atoms with Crippen LogP contribution in [-0.2, 0) is 0 Å². The predicted octanol–water partition coefficient (Wildman–Crippen LogP) is 3.75. The van der Waals surface area contributed by atoms with Crippen LogP contribution in [0.4, 0.5) is 0 Å². The number of carbonyl (C=O) groups is 1. The largest absolute Gasteiger partial charge is 0.478 e. The maximum absolute atomic E-state index is 10.4. The third-order valence-electron chi connectivity index (χ3n) is 1.38. The van der Waals surface area contributed by atoms with Crippen molar-refractivity contribution in [1.82, 2.24) is 0 Å². The van der Waals surface area contributed by atoms with E-state index in [9.17, 15) is 4.79 Å². The molecular weight excluding hydrogens is 176 g/mol. The molecule has 0 bridgehead atoms. The summed E-state index contributed by atoms with van der Waals surface area (Å²) in [4.78, 5) is 10.4. The molecule has 0 atom stereocenters. The third kappa shape index (κ3) is 5.36. The van der Waals surface area contributed by atoms with E-state index in [0.717, 1.165) is 5.56 Å². The van der Waals surface area contributed by atoms with E-state index < -0.39 is 5.97 Å². The van der Waals surface area contributed by atoms with Crippen LogP contribution in [-0.4, -0.2) is 11.1 Å². The Morgan fingerprint density at radius 3 is 1.79 bits per heavy atom. The first-order valence-electron chi connectivity index (χ1n) is 5.01. The van der Waals surface area contributed by atoms with Gasteiger partial charge in [0.1, 0.15) is 0 Å². The van der Waals surface area contributed by atoms with Gasteiger partial charge in [0.05, 0.1) is 5.56 Å². The summed E-state index contributed by atoms with van der Waals surface area (Å²) in [5.41, 5.74) is 1.18. The summed E-state index contributed by atoms with van der Waals surface area (Å²) in [5, 5.41) is 8.57. The van der Waals surface area contributed by atoms with Gasteiger partial charge in [-0.05, 0) is 18.6 Å². The lowest BCUT2D eigenvalue weighted by molar-refractivity contribution is 0.0696. The molecule has 1 aromatic carbocycles. The molecule has 0 aliphatic heterocycles. The van der Waals surface area contributed by atoms with Crippen molar-refractivity contribution >= 4 is 5.97 Å². The molecule has 2 nitrogen and oxygen atoms in total. The highest BCUT2D eigenvalue weighted by atomic mass is 16.4. The van der Waals surface area contributed by atoms with Gasteiger partial charge in [-0.2, -0.15) is 0 Å². The van der Waals surface area contributed by atoms with Gasteiger partial charge in [-0.3, -0.25) is 0 Å². The van der Waals surface area contributed by atoms with Crippen LogP contribution >= 0.6 is 0 Å². The topological polar surface area (TPSA) is 37.3 Å². The van der Waals surface area contributed by atoms with Gasteiger partial charge >= 0.3 is 5.97 Å². The minimum absolute atomic E-state index is 0.377. The van der Waals surface area contributed by atoms with Crippen molar-refractivity contribution in [3.63, 3.8) is 0 Å². The number of carboxylic acids is 1. The van der Waals surface area contributed by atoms with E-state index in [1.165, 1.54) is 0 Å². The molecule has 0 heterocycles. The lowest BCUT2D eigenvalue weighted by Crippen LogP contribution is -1.97. The van der Waals surface area contributed by atoms with E-state index in [2.05, 4.69) is 0 Å². The summed E-state index contributed by atoms with van der Waals surface area (Å²) in [6.07, 6.45) is 0. The molecule has 0 radical (unpaired) electrons. The van der Waals surface area contributed by atoms with Gasteiger partial charge in [0, 0.05) is 0 Å². The number of aromatic carboxylic acids is 1. The second-order valence-corrected chi connectivity index (χ2v) is 2.12. The molecule has 0 saturated carbocycles. The van der Waals surface area contributed by atoms with Crippen molar-refractivity contribution < 1.29 is 9.90 Å². The van der Waals surface area contributed by atoms with Crippen LogP contribution < -0.4 is 0 Å². The van der Waals surface area contributed by atoms with Crippen molar-refractivity contribution in [2.45, 2.75) is 34.6 Å². The Bertz CT molecular complexity index is 254. The Balaban J connectivity index is 0. The van der Waals surface area contributed by atoms with Gasteiger partial charge in [0.2, 0.25) is 0 Å². The first-order chi connectivity index (χ1) is 6.72. The van der Waals surface area contributed by atoms with Crippen molar-refractivity contribution in [2.24, 2.45) is 0 Å². The summed E-state index contributed by atoms with van der Waals surface area (Å²) in [6.45, 7) is 9.78. The van der Waals surface area contributed by atoms with E-state index in [1.807, 2.05) is 33.8 Å². The lowest BCUT2D eigenvalue weighted by Gasteiger charge is -1.96. The average Bonchev–Trinajstić information content (AvgIpc) is 2.24. The highest BCUT2D eigenvalue weighted by Crippen LogP contribution is 2.05. The Hall–Kier alpha value is -1.31. The number of rotatable bonds is 1. The normalized spacial score (nSPS) is 7.50. The van der Waals surface area contributed by atoms with Crippen molar-refractivity contribution in [2.75, 3.05) is 0 Å². The summed E-state index contributed by atoms with van der Waals surface area (Å²) in [6, 6.07) is 6.92. The van der Waals surface area contributed by atoms with E-state index in [4.69, 9.17) is 5.11 Å². The minimum atomic E-state index is -0.863. The van der Waals surface area contributed by atoms with Crippen LogP contribution in [0, 0.1) is 6.92 Å². The van der Waals surface area contributed by atoms with E-state index in [-0.39, 0.29) is 0 Å². The fourth-order valence-corrected chi connectivity index (χ4v) is 0.813. The quantitative estimate of drug-likeness (QED) is 0.742. The van der Waals surface area contributed by atoms with E-state index >= 15 is 0 Å². The van der Waals surface area contributed by atoms with Crippen molar-refractivity contribution in [1.29, 1.82) is 0 Å². The molecule has 1 N–H and O–H groups in total. The van der Waals surface area contributed by atoms with Gasteiger partial charge < -0.3 is 5.11 Å². The zero-order chi connectivity index (χ0) is 11.6. The minimum Gasteiger partial charge on any atom is -0.478 e. The second kappa shape index (κ2) is 9.78. The van der Waals surface area contributed by atoms with Crippen LogP contribution in [0.15, 0.2) is 24.3 Å². The predicted molar refractivity (Wildman–Crippen MR) is 60.8 cm³/mol. The number of benzene rings is 1. The van der Waals surface area contributed by atoms with Crippen LogP contribution in [0.1, 0.15) is 43.6 Å². The average molecular weight is 196 g/mol. The molecule has 14 heavy (non-hydrogen) atoms. The zero-order valence-corrected chi connectivity index (χ0v) is 9.66. The van der Waals surface area contributed by atoms with E-state index in [0.29, 0.717) is 5.56 Å². The smallest absolute Gasteiger partial charge is 0.335 e. The van der Waals surface area contributed by atoms with Gasteiger partial charge in [0.25, 0.3) is 0 Å². The molecule has 0 spiro atoms. The highest BCUT2D eigenvalue weighted by Gasteiger charge is 2.02. The molecule has 1 aromatic rings. The molecule has 0 aliphatic rings. The Morgan fingerprint density at radius 2 is 1.50 bits per heavy atom. The molecule has 0 fully saturated rings. The Kier molecular flexibility index (Phi) is 10.6. The number of hydrogen-bond acceptors (Lipinski definition) is 1. The van der Waals surface area contributed by atoms with Gasteiger partial charge in [-0.15, -0.1) is 0 Å². The summed E-state index contributed by atoms with van der Waals surface area (Å²) in [7, 11) is 0. The molecule has 0 amide bonds. The van der Waals surface area contributed by atoms with Crippen LogP contribution in [0.3, 0.4) is 0 Å². The standard InChI is InChI=1S/C8H8O2.2C2H6/c1-6-4-2-3-5-7(6)8(9)10;2*1-2/h2-5H,1H3,(H,9,10);2*1-2H3. The van der Waals surface area contributed by atoms with Gasteiger partial charge in [0.15, 0.2) is 0 Å². The Labute approximate surface area is 86.6 Å². The van der Waals surface area contributed by atoms with Gasteiger partial charge in [-0.1, -0.05) is 45.9 Å². The second-order valence-electron chi connectivity index (χ2n) is 2.12. The maximum Gasteiger partial charge on any atom is 0.335 e. The maximum atomic E-state index is 10.4. The van der Waals surface area contributed by atoms with Gasteiger partial charge in [-0.25, -0.2) is 4.79 Å². The molecule has 80 valence electrons. The van der Waals surface area contributed by atoms with Crippen LogP contribution in [0.2, 0.25) is 0 Å². The fourth-order valence-electron chi connectivity index (χ4n) is 0.813. The molecule has 0 unspecified atom stereocenters. The van der Waals surface area contributed by atoms with E-state index in [1.54, 1.807) is 25.1 Å². The summed E-state index contributed by atoms with van der Waals surface area (Å²) < 4.78 is 0. The third-order valence-corrected chi connectivity index (χ3v) is 1.38. The Morgan fingerprint density at radius 1 is 1.07 bits per heavy atom. The highest BCUT2D eigenvalue weighted by molar-refractivity contribution is 5.89. The number of hydrogen-bond donors (Lipinski definition) is 1. The zero-order valence-electron chi connectivity index (χ0n) is 9.66. The first kappa shape index (κ1) is 15.2. The molecular formula is C12H20O2. The lowest BCUT2D eigenvalue weighted by atomic mass is 10.1. The number of aryl methyl sites for hydroxylation is 1. The molecule has 1 rings (SSSR count). The molecule has 0 aromatic heterocycles. The molecule has 0 saturated heterocycles. The first-order valence-corrected chi connectivity index (χ1v) is 5.01. The van der Waals surface area contributed by atoms with Crippen LogP contribution in [0.5, 0.6) is 0 Å². The summed E-state index contributed by atoms with van der Waals surface area (Å²) in [5.74, 6) is -0.863. The molecule has 2 heteroatoms. The van der Waals surface area contributed by atoms with Crippen molar-refractivity contribution in [3.05, 3.63) is 35.4 Å². The van der Waals surface area contributed by atoms with Crippen molar-refractivity contribution in [3.8, 4) is 0 Å².